The van der Waals surface area contributed by atoms with Gasteiger partial charge in [0.2, 0.25) is 0 Å². The fraction of sp³-hybridized carbons (Fsp3) is 0.111. The first-order valence-corrected chi connectivity index (χ1v) is 6.63. The predicted molar refractivity (Wildman–Crippen MR) is 65.7 cm³/mol. The topological polar surface area (TPSA) is 26.0 Å². The van der Waals surface area contributed by atoms with Crippen molar-refractivity contribution < 1.29 is 0 Å². The molecule has 13 heavy (non-hydrogen) atoms. The van der Waals surface area contributed by atoms with Crippen molar-refractivity contribution in [2.75, 3.05) is 12.0 Å². The molecule has 2 N–H and O–H groups in total. The molecular formula is C9H8BrNS2. The van der Waals surface area contributed by atoms with Crippen LogP contribution in [0.3, 0.4) is 0 Å². The van der Waals surface area contributed by atoms with E-state index in [4.69, 9.17) is 5.73 Å². The van der Waals surface area contributed by atoms with Gasteiger partial charge < -0.3 is 5.73 Å². The molecule has 1 aromatic carbocycles. The van der Waals surface area contributed by atoms with Crippen molar-refractivity contribution in [2.24, 2.45) is 0 Å². The van der Waals surface area contributed by atoms with Gasteiger partial charge >= 0.3 is 0 Å². The fourth-order valence-electron chi connectivity index (χ4n) is 1.28. The molecule has 1 aromatic heterocycles. The third-order valence-corrected chi connectivity index (χ3v) is 4.68. The molecule has 0 radical (unpaired) electrons. The Hall–Kier alpha value is -0.190. The smallest absolute Gasteiger partial charge is 0.0478 e. The van der Waals surface area contributed by atoms with Gasteiger partial charge in [-0.2, -0.15) is 0 Å². The quantitative estimate of drug-likeness (QED) is 0.629. The molecule has 0 aliphatic rings. The van der Waals surface area contributed by atoms with Crippen LogP contribution >= 0.6 is 39.0 Å². The van der Waals surface area contributed by atoms with Crippen LogP contribution in [0.1, 0.15) is 0 Å². The lowest BCUT2D eigenvalue weighted by molar-refractivity contribution is 1.47. The first-order chi connectivity index (χ1) is 6.24. The van der Waals surface area contributed by atoms with Crippen LogP contribution in [0.5, 0.6) is 0 Å². The number of thioether (sulfide) groups is 1. The number of halogens is 1. The monoisotopic (exact) mass is 273 g/mol. The van der Waals surface area contributed by atoms with Crippen molar-refractivity contribution in [1.29, 1.82) is 0 Å². The average Bonchev–Trinajstić information content (AvgIpc) is 2.53. The number of fused-ring (bicyclic) bond motifs is 1. The Morgan fingerprint density at radius 3 is 3.00 bits per heavy atom. The summed E-state index contributed by atoms with van der Waals surface area (Å²) >= 11 is 6.97. The second-order valence-electron chi connectivity index (χ2n) is 2.65. The largest absolute Gasteiger partial charge is 0.398 e. The molecule has 0 unspecified atom stereocenters. The SMILES string of the molecule is CSc1c(N)cc2sccc2c1Br. The Bertz CT molecular complexity index is 450. The van der Waals surface area contributed by atoms with Gasteiger partial charge in [-0.1, -0.05) is 0 Å². The van der Waals surface area contributed by atoms with E-state index in [2.05, 4.69) is 27.4 Å². The van der Waals surface area contributed by atoms with E-state index in [1.54, 1.807) is 23.1 Å². The highest BCUT2D eigenvalue weighted by molar-refractivity contribution is 9.10. The van der Waals surface area contributed by atoms with Gasteiger partial charge in [0.25, 0.3) is 0 Å². The van der Waals surface area contributed by atoms with Crippen molar-refractivity contribution in [2.45, 2.75) is 4.90 Å². The summed E-state index contributed by atoms with van der Waals surface area (Å²) in [6.07, 6.45) is 2.04. The highest BCUT2D eigenvalue weighted by Crippen LogP contribution is 2.39. The first kappa shape index (κ1) is 9.37. The summed E-state index contributed by atoms with van der Waals surface area (Å²) in [5, 5.41) is 3.34. The lowest BCUT2D eigenvalue weighted by Gasteiger charge is -2.05. The van der Waals surface area contributed by atoms with Crippen LogP contribution in [0.4, 0.5) is 5.69 Å². The minimum atomic E-state index is 0.856. The van der Waals surface area contributed by atoms with Gasteiger partial charge in [-0.3, -0.25) is 0 Å². The van der Waals surface area contributed by atoms with E-state index in [0.717, 1.165) is 15.1 Å². The molecular weight excluding hydrogens is 266 g/mol. The number of anilines is 1. The summed E-state index contributed by atoms with van der Waals surface area (Å²) in [7, 11) is 0. The standard InChI is InChI=1S/C9H8BrNS2/c1-12-9-6(11)4-7-5(8(9)10)2-3-13-7/h2-4H,11H2,1H3. The fourth-order valence-corrected chi connectivity index (χ4v) is 3.90. The highest BCUT2D eigenvalue weighted by Gasteiger charge is 2.08. The zero-order chi connectivity index (χ0) is 9.42. The van der Waals surface area contributed by atoms with E-state index in [9.17, 15) is 0 Å². The second-order valence-corrected chi connectivity index (χ2v) is 5.20. The zero-order valence-corrected chi connectivity index (χ0v) is 10.2. The predicted octanol–water partition coefficient (Wildman–Crippen LogP) is 3.97. The molecule has 0 amide bonds. The second kappa shape index (κ2) is 3.52. The highest BCUT2D eigenvalue weighted by atomic mass is 79.9. The van der Waals surface area contributed by atoms with E-state index in [0.29, 0.717) is 0 Å². The van der Waals surface area contributed by atoms with Crippen LogP contribution in [0.25, 0.3) is 10.1 Å². The van der Waals surface area contributed by atoms with Crippen LogP contribution in [0.2, 0.25) is 0 Å². The Morgan fingerprint density at radius 1 is 1.54 bits per heavy atom. The third kappa shape index (κ3) is 1.47. The van der Waals surface area contributed by atoms with Gasteiger partial charge in [-0.25, -0.2) is 0 Å². The molecule has 4 heteroatoms. The number of rotatable bonds is 1. The lowest BCUT2D eigenvalue weighted by atomic mass is 10.2. The molecule has 0 saturated carbocycles. The van der Waals surface area contributed by atoms with Crippen LogP contribution in [-0.2, 0) is 0 Å². The maximum atomic E-state index is 5.91. The van der Waals surface area contributed by atoms with Gasteiger partial charge in [-0.05, 0) is 39.7 Å². The Morgan fingerprint density at radius 2 is 2.31 bits per heavy atom. The number of benzene rings is 1. The third-order valence-electron chi connectivity index (χ3n) is 1.88. The first-order valence-electron chi connectivity index (χ1n) is 3.73. The Balaban J connectivity index is 2.85. The molecule has 0 aliphatic heterocycles. The molecule has 68 valence electrons. The molecule has 1 heterocycles. The van der Waals surface area contributed by atoms with Gasteiger partial charge in [0.1, 0.15) is 0 Å². The molecule has 0 spiro atoms. The number of hydrogen-bond donors (Lipinski definition) is 1. The number of hydrogen-bond acceptors (Lipinski definition) is 3. The number of nitrogen functional groups attached to an aromatic ring is 1. The maximum Gasteiger partial charge on any atom is 0.0478 e. The minimum Gasteiger partial charge on any atom is -0.398 e. The van der Waals surface area contributed by atoms with Crippen molar-refractivity contribution in [3.63, 3.8) is 0 Å². The van der Waals surface area contributed by atoms with E-state index in [-0.39, 0.29) is 0 Å². The number of nitrogens with two attached hydrogens (primary N) is 1. The lowest BCUT2D eigenvalue weighted by Crippen LogP contribution is -1.88. The molecule has 0 atom stereocenters. The molecule has 1 nitrogen and oxygen atoms in total. The summed E-state index contributed by atoms with van der Waals surface area (Å²) in [6, 6.07) is 4.15. The van der Waals surface area contributed by atoms with Crippen LogP contribution < -0.4 is 5.73 Å². The maximum absolute atomic E-state index is 5.91. The summed E-state index contributed by atoms with van der Waals surface area (Å²) in [5.74, 6) is 0. The van der Waals surface area contributed by atoms with E-state index in [1.165, 1.54) is 10.1 Å². The van der Waals surface area contributed by atoms with Gasteiger partial charge in [-0.15, -0.1) is 23.1 Å². The van der Waals surface area contributed by atoms with Gasteiger partial charge in [0.05, 0.1) is 0 Å². The van der Waals surface area contributed by atoms with Crippen LogP contribution in [0, 0.1) is 0 Å². The van der Waals surface area contributed by atoms with E-state index in [1.807, 2.05) is 12.3 Å². The van der Waals surface area contributed by atoms with Gasteiger partial charge in [0, 0.05) is 25.1 Å². The molecule has 0 fully saturated rings. The van der Waals surface area contributed by atoms with Gasteiger partial charge in [0.15, 0.2) is 0 Å². The molecule has 0 aliphatic carbocycles. The van der Waals surface area contributed by atoms with E-state index < -0.39 is 0 Å². The summed E-state index contributed by atoms with van der Waals surface area (Å²) in [4.78, 5) is 1.13. The van der Waals surface area contributed by atoms with Crippen molar-refractivity contribution in [1.82, 2.24) is 0 Å². The van der Waals surface area contributed by atoms with E-state index >= 15 is 0 Å². The zero-order valence-electron chi connectivity index (χ0n) is 7.00. The van der Waals surface area contributed by atoms with Crippen molar-refractivity contribution >= 4 is 54.8 Å². The number of thiophene rings is 1. The normalized spacial score (nSPS) is 10.9. The molecule has 0 saturated heterocycles. The summed E-state index contributed by atoms with van der Waals surface area (Å²) < 4.78 is 2.36. The Labute approximate surface area is 93.4 Å². The Kier molecular flexibility index (Phi) is 2.53. The molecule has 2 aromatic rings. The average molecular weight is 274 g/mol. The molecule has 0 bridgehead atoms. The van der Waals surface area contributed by atoms with Crippen molar-refractivity contribution in [3.05, 3.63) is 22.0 Å². The van der Waals surface area contributed by atoms with Crippen LogP contribution in [-0.4, -0.2) is 6.26 Å². The molecule has 2 rings (SSSR count). The summed E-state index contributed by atoms with van der Waals surface area (Å²) in [6.45, 7) is 0. The summed E-state index contributed by atoms with van der Waals surface area (Å²) in [5.41, 5.74) is 6.77. The van der Waals surface area contributed by atoms with Crippen molar-refractivity contribution in [3.8, 4) is 0 Å². The van der Waals surface area contributed by atoms with Crippen LogP contribution in [0.15, 0.2) is 26.9 Å². The minimum absolute atomic E-state index is 0.856.